The Labute approximate surface area is 197 Å². The summed E-state index contributed by atoms with van der Waals surface area (Å²) in [6, 6.07) is 5.50. The van der Waals surface area contributed by atoms with Gasteiger partial charge in [-0.05, 0) is 36.5 Å². The fraction of sp³-hybridized carbons (Fsp3) is 0.591. The molecule has 1 fully saturated rings. The molecule has 0 saturated carbocycles. The Morgan fingerprint density at radius 1 is 1.15 bits per heavy atom. The second-order valence-corrected chi connectivity index (χ2v) is 11.7. The zero-order valence-corrected chi connectivity index (χ0v) is 21.1. The second-order valence-electron chi connectivity index (χ2n) is 8.65. The molecule has 9 nitrogen and oxygen atoms in total. The Kier molecular flexibility index (Phi) is 8.30. The lowest BCUT2D eigenvalue weighted by molar-refractivity contribution is -0.131. The average molecular weight is 498 g/mol. The van der Waals surface area contributed by atoms with Gasteiger partial charge in [-0.3, -0.25) is 9.59 Å². The number of thiazole rings is 1. The number of hydrogen-bond donors (Lipinski definition) is 0. The van der Waals surface area contributed by atoms with Crippen LogP contribution in [0.4, 0.5) is 0 Å². The summed E-state index contributed by atoms with van der Waals surface area (Å²) in [5, 5.41) is 0. The van der Waals surface area contributed by atoms with Crippen LogP contribution >= 0.6 is 11.3 Å². The van der Waals surface area contributed by atoms with E-state index >= 15 is 0 Å². The fourth-order valence-electron chi connectivity index (χ4n) is 4.19. The summed E-state index contributed by atoms with van der Waals surface area (Å²) in [7, 11) is -0.793. The number of carbonyl (C=O) groups is 2. The van der Waals surface area contributed by atoms with E-state index in [4.69, 9.17) is 9.47 Å². The largest absolute Gasteiger partial charge is 0.497 e. The van der Waals surface area contributed by atoms with Crippen molar-refractivity contribution in [2.75, 3.05) is 45.4 Å². The zero-order valence-electron chi connectivity index (χ0n) is 19.4. The van der Waals surface area contributed by atoms with E-state index in [0.717, 1.165) is 16.6 Å². The van der Waals surface area contributed by atoms with Crippen molar-refractivity contribution in [3.8, 4) is 5.75 Å². The molecule has 0 bridgehead atoms. The molecule has 11 heteroatoms. The quantitative estimate of drug-likeness (QED) is 0.550. The standard InChI is InChI=1S/C22H31N3O6S2/c1-15-9-16(2)12-24(11-15)21(27)14-33(28,29)13-20(26)23-22-25(7-8-30-3)18-6-5-17(31-4)10-19(18)32-22/h5-6,10,15-16H,7-9,11-14H2,1-4H3. The first-order valence-electron chi connectivity index (χ1n) is 10.8. The summed E-state index contributed by atoms with van der Waals surface area (Å²) in [5.41, 5.74) is 0.843. The highest BCUT2D eigenvalue weighted by molar-refractivity contribution is 7.92. The van der Waals surface area contributed by atoms with E-state index in [-0.39, 0.29) is 0 Å². The number of likely N-dealkylation sites (tertiary alicyclic amines) is 1. The lowest BCUT2D eigenvalue weighted by atomic mass is 9.92. The SMILES string of the molecule is COCCn1c(=NC(=O)CS(=O)(=O)CC(=O)N2CC(C)CC(C)C2)sc2cc(OC)ccc21. The molecule has 0 aliphatic carbocycles. The number of methoxy groups -OCH3 is 2. The molecule has 33 heavy (non-hydrogen) atoms. The maximum atomic E-state index is 12.6. The zero-order chi connectivity index (χ0) is 24.2. The predicted molar refractivity (Wildman–Crippen MR) is 127 cm³/mol. The van der Waals surface area contributed by atoms with Crippen LogP contribution in [-0.2, 0) is 30.7 Å². The number of aromatic nitrogens is 1. The molecule has 2 atom stereocenters. The number of piperidine rings is 1. The van der Waals surface area contributed by atoms with Gasteiger partial charge in [0, 0.05) is 26.7 Å². The summed E-state index contributed by atoms with van der Waals surface area (Å²) in [6.07, 6.45) is 1.01. The maximum Gasteiger partial charge on any atom is 0.263 e. The highest BCUT2D eigenvalue weighted by Gasteiger charge is 2.29. The third kappa shape index (κ3) is 6.64. The van der Waals surface area contributed by atoms with Crippen LogP contribution in [-0.4, -0.2) is 75.1 Å². The minimum Gasteiger partial charge on any atom is -0.497 e. The van der Waals surface area contributed by atoms with Gasteiger partial charge in [-0.1, -0.05) is 25.2 Å². The molecule has 0 radical (unpaired) electrons. The smallest absolute Gasteiger partial charge is 0.263 e. The number of rotatable bonds is 8. The summed E-state index contributed by atoms with van der Waals surface area (Å²) < 4.78 is 38.3. The molecule has 1 aliphatic rings. The number of amides is 2. The van der Waals surface area contributed by atoms with Gasteiger partial charge < -0.3 is 18.9 Å². The molecule has 3 rings (SSSR count). The average Bonchev–Trinajstić information content (AvgIpc) is 3.06. The molecule has 1 aromatic carbocycles. The van der Waals surface area contributed by atoms with Gasteiger partial charge in [-0.2, -0.15) is 4.99 Å². The molecule has 2 amide bonds. The van der Waals surface area contributed by atoms with Crippen LogP contribution in [0.5, 0.6) is 5.75 Å². The van der Waals surface area contributed by atoms with E-state index in [0.29, 0.717) is 48.6 Å². The van der Waals surface area contributed by atoms with Crippen molar-refractivity contribution in [2.24, 2.45) is 16.8 Å². The topological polar surface area (TPSA) is 107 Å². The fourth-order valence-corrected chi connectivity index (χ4v) is 6.39. The number of benzene rings is 1. The molecular weight excluding hydrogens is 466 g/mol. The summed E-state index contributed by atoms with van der Waals surface area (Å²) in [4.78, 5) is 31.2. The first kappa shape index (κ1) is 25.4. The molecule has 0 spiro atoms. The van der Waals surface area contributed by atoms with E-state index < -0.39 is 33.2 Å². The summed E-state index contributed by atoms with van der Waals surface area (Å²) in [5.74, 6) is -1.42. The Hall–Kier alpha value is -2.24. The van der Waals surface area contributed by atoms with E-state index in [1.807, 2.05) is 36.6 Å². The molecule has 1 aromatic heterocycles. The second kappa shape index (κ2) is 10.8. The predicted octanol–water partition coefficient (Wildman–Crippen LogP) is 1.70. The molecule has 182 valence electrons. The van der Waals surface area contributed by atoms with Crippen molar-refractivity contribution in [1.82, 2.24) is 9.47 Å². The van der Waals surface area contributed by atoms with Crippen LogP contribution in [0, 0.1) is 11.8 Å². The van der Waals surface area contributed by atoms with Crippen molar-refractivity contribution in [1.29, 1.82) is 0 Å². The lowest BCUT2D eigenvalue weighted by Crippen LogP contribution is -2.45. The summed E-state index contributed by atoms with van der Waals surface area (Å²) >= 11 is 1.27. The van der Waals surface area contributed by atoms with Gasteiger partial charge in [0.25, 0.3) is 5.91 Å². The van der Waals surface area contributed by atoms with Gasteiger partial charge in [0.2, 0.25) is 5.91 Å². The van der Waals surface area contributed by atoms with Crippen molar-refractivity contribution in [3.05, 3.63) is 23.0 Å². The van der Waals surface area contributed by atoms with Crippen LogP contribution in [0.1, 0.15) is 20.3 Å². The number of hydrogen-bond acceptors (Lipinski definition) is 7. The van der Waals surface area contributed by atoms with Crippen molar-refractivity contribution >= 4 is 43.2 Å². The van der Waals surface area contributed by atoms with Gasteiger partial charge in [0.15, 0.2) is 14.6 Å². The number of ether oxygens (including phenoxy) is 2. The Balaban J connectivity index is 1.79. The number of sulfone groups is 1. The highest BCUT2D eigenvalue weighted by atomic mass is 32.2. The van der Waals surface area contributed by atoms with Gasteiger partial charge in [0.1, 0.15) is 17.3 Å². The number of nitrogens with zero attached hydrogens (tertiary/aromatic N) is 3. The Morgan fingerprint density at radius 2 is 1.85 bits per heavy atom. The first-order chi connectivity index (χ1) is 15.6. The molecule has 1 saturated heterocycles. The van der Waals surface area contributed by atoms with Crippen LogP contribution in [0.2, 0.25) is 0 Å². The molecule has 2 aromatic rings. The van der Waals surface area contributed by atoms with Crippen LogP contribution in [0.3, 0.4) is 0 Å². The van der Waals surface area contributed by atoms with Gasteiger partial charge in [-0.15, -0.1) is 0 Å². The highest BCUT2D eigenvalue weighted by Crippen LogP contribution is 2.23. The normalized spacial score (nSPS) is 19.8. The van der Waals surface area contributed by atoms with Crippen molar-refractivity contribution in [2.45, 2.75) is 26.8 Å². The van der Waals surface area contributed by atoms with Gasteiger partial charge in [0.05, 0.1) is 23.9 Å². The van der Waals surface area contributed by atoms with Crippen molar-refractivity contribution in [3.63, 3.8) is 0 Å². The van der Waals surface area contributed by atoms with E-state index in [1.165, 1.54) is 11.3 Å². The molecule has 0 N–H and O–H groups in total. The Bertz CT molecular complexity index is 1170. The minimum absolute atomic E-state index is 0.325. The van der Waals surface area contributed by atoms with E-state index in [9.17, 15) is 18.0 Å². The lowest BCUT2D eigenvalue weighted by Gasteiger charge is -2.34. The third-order valence-electron chi connectivity index (χ3n) is 5.54. The molecule has 2 unspecified atom stereocenters. The number of fused-ring (bicyclic) bond motifs is 1. The third-order valence-corrected chi connectivity index (χ3v) is 7.95. The van der Waals surface area contributed by atoms with E-state index in [1.54, 1.807) is 19.1 Å². The number of carbonyl (C=O) groups excluding carboxylic acids is 2. The van der Waals surface area contributed by atoms with E-state index in [2.05, 4.69) is 4.99 Å². The molecular formula is C22H31N3O6S2. The Morgan fingerprint density at radius 3 is 2.48 bits per heavy atom. The molecule has 2 heterocycles. The van der Waals surface area contributed by atoms with Gasteiger partial charge in [-0.25, -0.2) is 8.42 Å². The summed E-state index contributed by atoms with van der Waals surface area (Å²) in [6.45, 7) is 6.03. The maximum absolute atomic E-state index is 12.6. The minimum atomic E-state index is -3.94. The first-order valence-corrected chi connectivity index (χ1v) is 13.5. The van der Waals surface area contributed by atoms with Crippen LogP contribution < -0.4 is 9.54 Å². The van der Waals surface area contributed by atoms with Crippen molar-refractivity contribution < 1.29 is 27.5 Å². The van der Waals surface area contributed by atoms with Crippen LogP contribution in [0.15, 0.2) is 23.2 Å². The van der Waals surface area contributed by atoms with Gasteiger partial charge >= 0.3 is 0 Å². The monoisotopic (exact) mass is 497 g/mol. The molecule has 1 aliphatic heterocycles. The van der Waals surface area contributed by atoms with Crippen LogP contribution in [0.25, 0.3) is 10.2 Å².